The number of ether oxygens (including phenoxy) is 1. The fraction of sp³-hybridized carbons (Fsp3) is 0.435. The third kappa shape index (κ3) is 4.50. The molecule has 1 saturated heterocycles. The van der Waals surface area contributed by atoms with Gasteiger partial charge in [0.1, 0.15) is 11.9 Å². The van der Waals surface area contributed by atoms with E-state index in [4.69, 9.17) is 9.26 Å². The quantitative estimate of drug-likeness (QED) is 0.620. The zero-order valence-corrected chi connectivity index (χ0v) is 18.8. The molecule has 0 bridgehead atoms. The summed E-state index contributed by atoms with van der Waals surface area (Å²) in [6.07, 6.45) is 1.29. The number of benzene rings is 1. The molecule has 0 unspecified atom stereocenters. The van der Waals surface area contributed by atoms with E-state index in [1.807, 2.05) is 38.1 Å². The second-order valence-corrected chi connectivity index (χ2v) is 9.06. The van der Waals surface area contributed by atoms with E-state index >= 15 is 0 Å². The van der Waals surface area contributed by atoms with Crippen molar-refractivity contribution in [2.24, 2.45) is 0 Å². The predicted molar refractivity (Wildman–Crippen MR) is 120 cm³/mol. The van der Waals surface area contributed by atoms with Crippen LogP contribution < -0.4 is 5.32 Å². The van der Waals surface area contributed by atoms with Crippen molar-refractivity contribution in [3.63, 3.8) is 0 Å². The number of aromatic nitrogens is 1. The first-order valence-corrected chi connectivity index (χ1v) is 11.5. The van der Waals surface area contributed by atoms with Crippen LogP contribution in [-0.2, 0) is 11.2 Å². The number of aryl methyl sites for hydroxylation is 1. The van der Waals surface area contributed by atoms with Gasteiger partial charge in [-0.25, -0.2) is 0 Å². The van der Waals surface area contributed by atoms with Gasteiger partial charge in [0.15, 0.2) is 5.69 Å². The molecule has 0 spiro atoms. The Morgan fingerprint density at radius 2 is 2.13 bits per heavy atom. The molecule has 1 atom stereocenters. The van der Waals surface area contributed by atoms with Crippen molar-refractivity contribution in [2.45, 2.75) is 45.8 Å². The number of thiophene rings is 1. The number of fused-ring (bicyclic) bond motifs is 1. The summed E-state index contributed by atoms with van der Waals surface area (Å²) in [4.78, 5) is 28.3. The molecular weight excluding hydrogens is 414 g/mol. The first-order valence-electron chi connectivity index (χ1n) is 10.7. The van der Waals surface area contributed by atoms with Gasteiger partial charge in [-0.05, 0) is 31.7 Å². The molecule has 0 aliphatic carbocycles. The van der Waals surface area contributed by atoms with Gasteiger partial charge < -0.3 is 19.5 Å². The lowest BCUT2D eigenvalue weighted by Crippen LogP contribution is -2.42. The number of hydrogen-bond acceptors (Lipinski definition) is 6. The molecular formula is C23H27N3O4S. The van der Waals surface area contributed by atoms with Crippen LogP contribution in [0.5, 0.6) is 0 Å². The van der Waals surface area contributed by atoms with Crippen molar-refractivity contribution in [1.29, 1.82) is 0 Å². The summed E-state index contributed by atoms with van der Waals surface area (Å²) in [5.74, 6) is 0.429. The zero-order chi connectivity index (χ0) is 22.0. The SMILES string of the molecule is CCCc1cc(C(=O)N2CCO[C@@H](c3c(C(=O)NC(C)C)sc4ccccc34)C2)no1. The number of nitrogens with zero attached hydrogens (tertiary/aromatic N) is 2. The van der Waals surface area contributed by atoms with Crippen molar-refractivity contribution in [3.8, 4) is 0 Å². The highest BCUT2D eigenvalue weighted by molar-refractivity contribution is 7.21. The molecule has 0 radical (unpaired) electrons. The Morgan fingerprint density at radius 3 is 2.90 bits per heavy atom. The second kappa shape index (κ2) is 9.20. The maximum atomic E-state index is 13.0. The van der Waals surface area contributed by atoms with Crippen LogP contribution in [0.15, 0.2) is 34.9 Å². The van der Waals surface area contributed by atoms with Crippen LogP contribution in [0.25, 0.3) is 10.1 Å². The molecule has 8 heteroatoms. The summed E-state index contributed by atoms with van der Waals surface area (Å²) in [6, 6.07) is 9.68. The van der Waals surface area contributed by atoms with E-state index in [2.05, 4.69) is 17.4 Å². The Hall–Kier alpha value is -2.71. The average molecular weight is 442 g/mol. The topological polar surface area (TPSA) is 84.7 Å². The minimum atomic E-state index is -0.385. The van der Waals surface area contributed by atoms with Crippen LogP contribution in [0.2, 0.25) is 0 Å². The third-order valence-electron chi connectivity index (χ3n) is 5.21. The maximum absolute atomic E-state index is 13.0. The van der Waals surface area contributed by atoms with Crippen LogP contribution in [0.4, 0.5) is 0 Å². The summed E-state index contributed by atoms with van der Waals surface area (Å²) in [7, 11) is 0. The molecule has 1 N–H and O–H groups in total. The Bertz CT molecular complexity index is 1090. The fourth-order valence-corrected chi connectivity index (χ4v) is 4.99. The Kier molecular flexibility index (Phi) is 6.38. The molecule has 3 aromatic rings. The first kappa shape index (κ1) is 21.5. The van der Waals surface area contributed by atoms with Crippen LogP contribution in [0.3, 0.4) is 0 Å². The smallest absolute Gasteiger partial charge is 0.276 e. The lowest BCUT2D eigenvalue weighted by Gasteiger charge is -2.33. The third-order valence-corrected chi connectivity index (χ3v) is 6.40. The van der Waals surface area contributed by atoms with Gasteiger partial charge >= 0.3 is 0 Å². The molecule has 2 amide bonds. The molecule has 4 rings (SSSR count). The number of carbonyl (C=O) groups is 2. The highest BCUT2D eigenvalue weighted by Gasteiger charge is 2.32. The number of carbonyl (C=O) groups excluding carboxylic acids is 2. The van der Waals surface area contributed by atoms with Gasteiger partial charge in [-0.3, -0.25) is 9.59 Å². The molecule has 0 saturated carbocycles. The number of hydrogen-bond donors (Lipinski definition) is 1. The van der Waals surface area contributed by atoms with Crippen molar-refractivity contribution < 1.29 is 18.8 Å². The monoisotopic (exact) mass is 441 g/mol. The van der Waals surface area contributed by atoms with Gasteiger partial charge in [-0.15, -0.1) is 11.3 Å². The lowest BCUT2D eigenvalue weighted by atomic mass is 10.0. The maximum Gasteiger partial charge on any atom is 0.276 e. The van der Waals surface area contributed by atoms with Gasteiger partial charge in [0.05, 0.1) is 18.0 Å². The van der Waals surface area contributed by atoms with Crippen LogP contribution in [0, 0.1) is 0 Å². The summed E-state index contributed by atoms with van der Waals surface area (Å²) >= 11 is 1.46. The normalized spacial score (nSPS) is 16.8. The number of morpholine rings is 1. The molecule has 2 aromatic heterocycles. The summed E-state index contributed by atoms with van der Waals surface area (Å²) in [6.45, 7) is 7.15. The summed E-state index contributed by atoms with van der Waals surface area (Å²) in [5, 5.41) is 7.94. The molecule has 7 nitrogen and oxygen atoms in total. The van der Waals surface area contributed by atoms with E-state index in [-0.39, 0.29) is 24.0 Å². The minimum absolute atomic E-state index is 0.0281. The fourth-order valence-electron chi connectivity index (χ4n) is 3.83. The second-order valence-electron chi connectivity index (χ2n) is 8.01. The Labute approximate surface area is 185 Å². The van der Waals surface area contributed by atoms with Crippen LogP contribution >= 0.6 is 11.3 Å². The van der Waals surface area contributed by atoms with Crippen LogP contribution in [-0.4, -0.2) is 47.6 Å². The van der Waals surface area contributed by atoms with E-state index in [0.717, 1.165) is 28.5 Å². The molecule has 1 aliphatic heterocycles. The molecule has 164 valence electrons. The van der Waals surface area contributed by atoms with Gasteiger partial charge in [-0.2, -0.15) is 0 Å². The highest BCUT2D eigenvalue weighted by atomic mass is 32.1. The predicted octanol–water partition coefficient (Wildman–Crippen LogP) is 4.19. The summed E-state index contributed by atoms with van der Waals surface area (Å²) in [5.41, 5.74) is 1.17. The van der Waals surface area contributed by atoms with E-state index in [9.17, 15) is 9.59 Å². The van der Waals surface area contributed by atoms with Crippen molar-refractivity contribution >= 4 is 33.2 Å². The zero-order valence-electron chi connectivity index (χ0n) is 18.0. The van der Waals surface area contributed by atoms with Gasteiger partial charge in [0.25, 0.3) is 11.8 Å². The van der Waals surface area contributed by atoms with E-state index in [1.54, 1.807) is 11.0 Å². The number of amides is 2. The van der Waals surface area contributed by atoms with Crippen LogP contribution in [0.1, 0.15) is 64.8 Å². The van der Waals surface area contributed by atoms with Crippen molar-refractivity contribution in [2.75, 3.05) is 19.7 Å². The highest BCUT2D eigenvalue weighted by Crippen LogP contribution is 2.38. The Morgan fingerprint density at radius 1 is 1.32 bits per heavy atom. The number of nitrogens with one attached hydrogen (secondary N) is 1. The molecule has 31 heavy (non-hydrogen) atoms. The minimum Gasteiger partial charge on any atom is -0.370 e. The van der Waals surface area contributed by atoms with E-state index in [1.165, 1.54) is 11.3 Å². The standard InChI is InChI=1S/C23H27N3O4S/c1-4-7-15-12-17(25-30-15)23(28)26-10-11-29-18(13-26)20-16-8-5-6-9-19(16)31-21(20)22(27)24-14(2)3/h5-6,8-9,12,14,18H,4,7,10-11,13H2,1-3H3,(H,24,27)/t18-/m1/s1. The summed E-state index contributed by atoms with van der Waals surface area (Å²) < 4.78 is 12.4. The van der Waals surface area contributed by atoms with Gasteiger partial charge in [0, 0.05) is 35.3 Å². The largest absolute Gasteiger partial charge is 0.370 e. The van der Waals surface area contributed by atoms with Gasteiger partial charge in [-0.1, -0.05) is 30.3 Å². The molecule has 1 aromatic carbocycles. The Balaban J connectivity index is 1.63. The van der Waals surface area contributed by atoms with E-state index < -0.39 is 0 Å². The van der Waals surface area contributed by atoms with Gasteiger partial charge in [0.2, 0.25) is 0 Å². The first-order chi connectivity index (χ1) is 15.0. The molecule has 1 fully saturated rings. The van der Waals surface area contributed by atoms with E-state index in [0.29, 0.717) is 36.0 Å². The average Bonchev–Trinajstić information content (AvgIpc) is 3.38. The molecule has 1 aliphatic rings. The molecule has 3 heterocycles. The van der Waals surface area contributed by atoms with Crippen molar-refractivity contribution in [3.05, 3.63) is 52.2 Å². The number of rotatable bonds is 6. The van der Waals surface area contributed by atoms with Crippen molar-refractivity contribution in [1.82, 2.24) is 15.4 Å². The lowest BCUT2D eigenvalue weighted by molar-refractivity contribution is -0.0225.